The van der Waals surface area contributed by atoms with Crippen LogP contribution in [0.2, 0.25) is 0 Å². The molecule has 2 aromatic rings. The van der Waals surface area contributed by atoms with Gasteiger partial charge in [0.25, 0.3) is 0 Å². The molecule has 0 saturated heterocycles. The number of rotatable bonds is 1. The summed E-state index contributed by atoms with van der Waals surface area (Å²) < 4.78 is 1.79. The van der Waals surface area contributed by atoms with Gasteiger partial charge in [0.1, 0.15) is 0 Å². The van der Waals surface area contributed by atoms with Crippen molar-refractivity contribution < 1.29 is 0 Å². The summed E-state index contributed by atoms with van der Waals surface area (Å²) in [6, 6.07) is 0. The Labute approximate surface area is 85.9 Å². The van der Waals surface area contributed by atoms with Crippen LogP contribution >= 0.6 is 12.2 Å². The molecule has 0 spiro atoms. The van der Waals surface area contributed by atoms with Gasteiger partial charge in [-0.2, -0.15) is 5.10 Å². The summed E-state index contributed by atoms with van der Waals surface area (Å²) in [6.07, 6.45) is 1.92. The number of nitrogen functional groups attached to an aromatic ring is 1. The molecular formula is C8H11N5S. The van der Waals surface area contributed by atoms with E-state index in [0.29, 0.717) is 10.6 Å². The highest BCUT2D eigenvalue weighted by atomic mass is 32.1. The van der Waals surface area contributed by atoms with Gasteiger partial charge in [-0.3, -0.25) is 0 Å². The third kappa shape index (κ3) is 1.15. The second kappa shape index (κ2) is 2.98. The normalized spacial score (nSPS) is 10.7. The lowest BCUT2D eigenvalue weighted by Gasteiger charge is -2.00. The van der Waals surface area contributed by atoms with Crippen LogP contribution in [0.4, 0.5) is 0 Å². The number of H-pyrrole nitrogens is 2. The first kappa shape index (κ1) is 9.01. The Hall–Kier alpha value is -1.56. The average Bonchev–Trinajstić information content (AvgIpc) is 2.62. The minimum Gasteiger partial charge on any atom is -0.364 e. The zero-order valence-electron chi connectivity index (χ0n) is 7.96. The maximum Gasteiger partial charge on any atom is 0.214 e. The number of nitrogens with zero attached hydrogens (tertiary/aromatic N) is 2. The highest BCUT2D eigenvalue weighted by Gasteiger charge is 2.13. The second-order valence-corrected chi connectivity index (χ2v) is 3.58. The van der Waals surface area contributed by atoms with Gasteiger partial charge in [0, 0.05) is 17.5 Å². The molecule has 0 aromatic carbocycles. The van der Waals surface area contributed by atoms with E-state index in [-0.39, 0.29) is 0 Å². The smallest absolute Gasteiger partial charge is 0.214 e. The van der Waals surface area contributed by atoms with Gasteiger partial charge < -0.3 is 10.8 Å². The molecule has 4 N–H and O–H groups in total. The van der Waals surface area contributed by atoms with Crippen molar-refractivity contribution in [2.75, 3.05) is 5.84 Å². The van der Waals surface area contributed by atoms with E-state index < -0.39 is 0 Å². The Morgan fingerprint density at radius 3 is 2.64 bits per heavy atom. The van der Waals surface area contributed by atoms with E-state index in [1.807, 2.05) is 20.0 Å². The number of aromatic nitrogens is 4. The van der Waals surface area contributed by atoms with Crippen molar-refractivity contribution in [1.29, 1.82) is 0 Å². The van der Waals surface area contributed by atoms with Gasteiger partial charge in [-0.05, 0) is 31.6 Å². The summed E-state index contributed by atoms with van der Waals surface area (Å²) in [5.41, 5.74) is 3.13. The van der Waals surface area contributed by atoms with Crippen LogP contribution in [0.1, 0.15) is 11.3 Å². The van der Waals surface area contributed by atoms with Gasteiger partial charge >= 0.3 is 0 Å². The molecule has 0 atom stereocenters. The first-order valence-corrected chi connectivity index (χ1v) is 4.59. The van der Waals surface area contributed by atoms with Crippen LogP contribution in [0.3, 0.4) is 0 Å². The summed E-state index contributed by atoms with van der Waals surface area (Å²) in [5.74, 6) is 6.40. The Morgan fingerprint density at radius 2 is 2.21 bits per heavy atom. The van der Waals surface area contributed by atoms with Gasteiger partial charge in [-0.25, -0.2) is 9.77 Å². The SMILES string of the molecule is Cc1c[nH]c(C)c1-c1n[nH]c(=S)n1N. The van der Waals surface area contributed by atoms with Crippen molar-refractivity contribution in [3.63, 3.8) is 0 Å². The Kier molecular flexibility index (Phi) is 1.92. The number of aryl methyl sites for hydroxylation is 2. The fraction of sp³-hybridized carbons (Fsp3) is 0.250. The Morgan fingerprint density at radius 1 is 1.50 bits per heavy atom. The summed E-state index contributed by atoms with van der Waals surface area (Å²) in [5, 5.41) is 6.74. The van der Waals surface area contributed by atoms with Crippen molar-refractivity contribution in [3.05, 3.63) is 22.2 Å². The van der Waals surface area contributed by atoms with Crippen molar-refractivity contribution in [2.24, 2.45) is 0 Å². The monoisotopic (exact) mass is 209 g/mol. The fourth-order valence-corrected chi connectivity index (χ4v) is 1.61. The van der Waals surface area contributed by atoms with Crippen molar-refractivity contribution >= 4 is 12.2 Å². The molecule has 2 rings (SSSR count). The third-order valence-corrected chi connectivity index (χ3v) is 2.49. The first-order chi connectivity index (χ1) is 6.61. The van der Waals surface area contributed by atoms with Gasteiger partial charge in [-0.15, -0.1) is 0 Å². The number of hydrogen-bond acceptors (Lipinski definition) is 3. The van der Waals surface area contributed by atoms with E-state index >= 15 is 0 Å². The zero-order valence-corrected chi connectivity index (χ0v) is 8.77. The quantitative estimate of drug-likeness (QED) is 0.489. The molecule has 0 amide bonds. The molecule has 2 aromatic heterocycles. The van der Waals surface area contributed by atoms with E-state index in [9.17, 15) is 0 Å². The first-order valence-electron chi connectivity index (χ1n) is 4.18. The molecule has 0 bridgehead atoms. The van der Waals surface area contributed by atoms with Gasteiger partial charge in [-0.1, -0.05) is 0 Å². The molecule has 0 fully saturated rings. The molecule has 0 aliphatic heterocycles. The van der Waals surface area contributed by atoms with E-state index in [2.05, 4.69) is 15.2 Å². The van der Waals surface area contributed by atoms with Crippen molar-refractivity contribution in [1.82, 2.24) is 19.9 Å². The lowest BCUT2D eigenvalue weighted by atomic mass is 10.1. The summed E-state index contributed by atoms with van der Waals surface area (Å²) in [6.45, 7) is 3.97. The van der Waals surface area contributed by atoms with Crippen LogP contribution in [0, 0.1) is 18.6 Å². The second-order valence-electron chi connectivity index (χ2n) is 3.19. The molecule has 0 aliphatic rings. The van der Waals surface area contributed by atoms with Crippen molar-refractivity contribution in [3.8, 4) is 11.4 Å². The molecule has 14 heavy (non-hydrogen) atoms. The predicted octanol–water partition coefficient (Wildman–Crippen LogP) is 1.27. The Balaban J connectivity index is 2.71. The number of nitrogens with one attached hydrogen (secondary N) is 2. The largest absolute Gasteiger partial charge is 0.364 e. The standard InChI is InChI=1S/C8H11N5S/c1-4-3-10-5(2)6(4)7-11-12-8(14)13(7)9/h3,10H,9H2,1-2H3,(H,12,14). The number of aromatic amines is 2. The van der Waals surface area contributed by atoms with Crippen LogP contribution in [0.15, 0.2) is 6.20 Å². The predicted molar refractivity (Wildman–Crippen MR) is 56.8 cm³/mol. The molecule has 0 aliphatic carbocycles. The highest BCUT2D eigenvalue weighted by molar-refractivity contribution is 7.71. The lowest BCUT2D eigenvalue weighted by molar-refractivity contribution is 0.981. The number of hydrogen-bond donors (Lipinski definition) is 3. The molecule has 0 saturated carbocycles. The highest BCUT2D eigenvalue weighted by Crippen LogP contribution is 2.23. The van der Waals surface area contributed by atoms with E-state index in [4.69, 9.17) is 18.1 Å². The molecule has 0 unspecified atom stereocenters. The van der Waals surface area contributed by atoms with Crippen LogP contribution in [0.5, 0.6) is 0 Å². The summed E-state index contributed by atoms with van der Waals surface area (Å²) >= 11 is 4.94. The van der Waals surface area contributed by atoms with E-state index in [0.717, 1.165) is 16.8 Å². The summed E-state index contributed by atoms with van der Waals surface area (Å²) in [7, 11) is 0. The van der Waals surface area contributed by atoms with Crippen LogP contribution in [0.25, 0.3) is 11.4 Å². The maximum atomic E-state index is 5.74. The minimum atomic E-state index is 0.417. The lowest BCUT2D eigenvalue weighted by Crippen LogP contribution is -2.10. The van der Waals surface area contributed by atoms with Gasteiger partial charge in [0.15, 0.2) is 5.82 Å². The molecule has 0 radical (unpaired) electrons. The zero-order chi connectivity index (χ0) is 10.3. The molecule has 74 valence electrons. The third-order valence-electron chi connectivity index (χ3n) is 2.20. The van der Waals surface area contributed by atoms with Gasteiger partial charge in [0.05, 0.1) is 0 Å². The van der Waals surface area contributed by atoms with Crippen LogP contribution < -0.4 is 5.84 Å². The number of nitrogens with two attached hydrogens (primary N) is 1. The topological polar surface area (TPSA) is 75.4 Å². The van der Waals surface area contributed by atoms with E-state index in [1.54, 1.807) is 0 Å². The van der Waals surface area contributed by atoms with Crippen LogP contribution in [-0.2, 0) is 0 Å². The Bertz CT molecular complexity index is 499. The van der Waals surface area contributed by atoms with Crippen molar-refractivity contribution in [2.45, 2.75) is 13.8 Å². The molecule has 5 nitrogen and oxygen atoms in total. The fourth-order valence-electron chi connectivity index (χ4n) is 1.48. The molecular weight excluding hydrogens is 198 g/mol. The molecule has 2 heterocycles. The molecule has 6 heteroatoms. The minimum absolute atomic E-state index is 0.417. The van der Waals surface area contributed by atoms with E-state index in [1.165, 1.54) is 4.68 Å². The van der Waals surface area contributed by atoms with Crippen LogP contribution in [-0.4, -0.2) is 19.9 Å². The average molecular weight is 209 g/mol. The summed E-state index contributed by atoms with van der Waals surface area (Å²) in [4.78, 5) is 3.12. The maximum absolute atomic E-state index is 5.74. The van der Waals surface area contributed by atoms with Gasteiger partial charge in [0.2, 0.25) is 4.77 Å².